The predicted molar refractivity (Wildman–Crippen MR) is 195 cm³/mol. The van der Waals surface area contributed by atoms with Crippen LogP contribution in [0.5, 0.6) is 5.75 Å². The van der Waals surface area contributed by atoms with Crippen LogP contribution in [-0.4, -0.2) is 94.5 Å². The Morgan fingerprint density at radius 3 is 2.52 bits per heavy atom. The summed E-state index contributed by atoms with van der Waals surface area (Å²) in [5.41, 5.74) is 2.57. The standard InChI is InChI=1S/C37H42BrN7O7/c1-43-20-24(18-25(21-43)41-27-19-40-44(2)37(51)32(27)38)22-10-12-23(13-11-22)33(47)39-16-5-3-4-6-17-52-29-9-7-8-26-31(29)36(50)45(35(26)49)28-14-15-30(46)42-34(28)48/h7-13,19,24-25,28,41H,3-6,14-18,20-21H2,1-2H3,(H,39,47)(H,42,46,48). The van der Waals surface area contributed by atoms with Gasteiger partial charge in [-0.3, -0.25) is 39.0 Å². The molecule has 0 bridgehead atoms. The smallest absolute Gasteiger partial charge is 0.282 e. The number of nitrogens with one attached hydrogen (secondary N) is 3. The number of hydrogen-bond acceptors (Lipinski definition) is 10. The molecule has 3 unspecified atom stereocenters. The number of nitrogens with zero attached hydrogens (tertiary/aromatic N) is 4. The summed E-state index contributed by atoms with van der Waals surface area (Å²) in [5.74, 6) is -1.81. The number of fused-ring (bicyclic) bond motifs is 1. The largest absolute Gasteiger partial charge is 0.493 e. The van der Waals surface area contributed by atoms with E-state index in [1.54, 1.807) is 25.4 Å². The Hall–Kier alpha value is -4.89. The number of carbonyl (C=O) groups is 5. The highest BCUT2D eigenvalue weighted by molar-refractivity contribution is 9.10. The summed E-state index contributed by atoms with van der Waals surface area (Å²) < 4.78 is 7.66. The van der Waals surface area contributed by atoms with Crippen LogP contribution in [0.3, 0.4) is 0 Å². The third kappa shape index (κ3) is 8.10. The summed E-state index contributed by atoms with van der Waals surface area (Å²) in [5, 5.41) is 12.8. The Morgan fingerprint density at radius 1 is 0.981 bits per heavy atom. The van der Waals surface area contributed by atoms with Gasteiger partial charge in [0.05, 0.1) is 29.6 Å². The molecule has 0 radical (unpaired) electrons. The van der Waals surface area contributed by atoms with Gasteiger partial charge in [-0.2, -0.15) is 5.10 Å². The summed E-state index contributed by atoms with van der Waals surface area (Å²) in [6.07, 6.45) is 5.89. The minimum atomic E-state index is -1.03. The van der Waals surface area contributed by atoms with Crippen molar-refractivity contribution in [2.45, 2.75) is 62.9 Å². The molecular weight excluding hydrogens is 734 g/mol. The second-order valence-electron chi connectivity index (χ2n) is 13.6. The lowest BCUT2D eigenvalue weighted by Gasteiger charge is -2.37. The monoisotopic (exact) mass is 775 g/mol. The van der Waals surface area contributed by atoms with Crippen LogP contribution in [0.25, 0.3) is 0 Å². The predicted octanol–water partition coefficient (Wildman–Crippen LogP) is 3.21. The molecule has 0 spiro atoms. The van der Waals surface area contributed by atoms with Gasteiger partial charge < -0.3 is 20.3 Å². The van der Waals surface area contributed by atoms with E-state index in [4.69, 9.17) is 4.74 Å². The number of amides is 5. The molecule has 52 heavy (non-hydrogen) atoms. The summed E-state index contributed by atoms with van der Waals surface area (Å²) in [6, 6.07) is 11.7. The van der Waals surface area contributed by atoms with Crippen molar-refractivity contribution in [3.05, 3.63) is 85.7 Å². The van der Waals surface area contributed by atoms with Crippen molar-refractivity contribution in [1.29, 1.82) is 0 Å². The number of aryl methyl sites for hydroxylation is 1. The number of hydrogen-bond donors (Lipinski definition) is 3. The molecule has 15 heteroatoms. The number of halogens is 1. The van der Waals surface area contributed by atoms with Crippen molar-refractivity contribution in [3.63, 3.8) is 0 Å². The minimum Gasteiger partial charge on any atom is -0.493 e. The molecule has 14 nitrogen and oxygen atoms in total. The Balaban J connectivity index is 0.909. The Bertz CT molecular complexity index is 1930. The number of benzene rings is 2. The fourth-order valence-corrected chi connectivity index (χ4v) is 7.55. The first-order valence-electron chi connectivity index (χ1n) is 17.5. The molecule has 6 rings (SSSR count). The van der Waals surface area contributed by atoms with Gasteiger partial charge >= 0.3 is 0 Å². The molecule has 0 aliphatic carbocycles. The van der Waals surface area contributed by atoms with E-state index in [1.165, 1.54) is 10.7 Å². The van der Waals surface area contributed by atoms with Crippen molar-refractivity contribution >= 4 is 51.2 Å². The topological polar surface area (TPSA) is 172 Å². The maximum atomic E-state index is 13.2. The lowest BCUT2D eigenvalue weighted by Crippen LogP contribution is -2.54. The van der Waals surface area contributed by atoms with E-state index < -0.39 is 29.7 Å². The number of imide groups is 2. The van der Waals surface area contributed by atoms with Crippen molar-refractivity contribution in [2.75, 3.05) is 38.6 Å². The Morgan fingerprint density at radius 2 is 1.75 bits per heavy atom. The molecule has 4 heterocycles. The van der Waals surface area contributed by atoms with E-state index in [0.717, 1.165) is 49.2 Å². The molecule has 3 aliphatic heterocycles. The van der Waals surface area contributed by atoms with E-state index in [0.29, 0.717) is 41.0 Å². The van der Waals surface area contributed by atoms with Crippen LogP contribution in [0.2, 0.25) is 0 Å². The molecule has 2 saturated heterocycles. The van der Waals surface area contributed by atoms with Crippen LogP contribution >= 0.6 is 15.9 Å². The second kappa shape index (κ2) is 16.2. The van der Waals surface area contributed by atoms with Crippen molar-refractivity contribution in [2.24, 2.45) is 7.05 Å². The van der Waals surface area contributed by atoms with Gasteiger partial charge in [-0.25, -0.2) is 4.68 Å². The first-order valence-corrected chi connectivity index (χ1v) is 18.3. The fraction of sp³-hybridized carbons (Fsp3) is 0.432. The van der Waals surface area contributed by atoms with Gasteiger partial charge in [-0.1, -0.05) is 31.0 Å². The first-order chi connectivity index (χ1) is 25.0. The highest BCUT2D eigenvalue weighted by Gasteiger charge is 2.46. The summed E-state index contributed by atoms with van der Waals surface area (Å²) >= 11 is 3.40. The minimum absolute atomic E-state index is 0.0570. The van der Waals surface area contributed by atoms with Crippen molar-refractivity contribution < 1.29 is 28.7 Å². The number of unbranched alkanes of at least 4 members (excludes halogenated alkanes) is 3. The van der Waals surface area contributed by atoms with Crippen LogP contribution in [0.15, 0.2) is 57.9 Å². The number of anilines is 1. The van der Waals surface area contributed by atoms with E-state index in [1.807, 2.05) is 24.3 Å². The summed E-state index contributed by atoms with van der Waals surface area (Å²) in [7, 11) is 3.69. The number of rotatable bonds is 13. The van der Waals surface area contributed by atoms with Crippen LogP contribution in [0.4, 0.5) is 5.69 Å². The van der Waals surface area contributed by atoms with Crippen LogP contribution < -0.4 is 26.2 Å². The second-order valence-corrected chi connectivity index (χ2v) is 14.4. The molecule has 3 aromatic rings. The van der Waals surface area contributed by atoms with E-state index in [-0.39, 0.29) is 47.4 Å². The highest BCUT2D eigenvalue weighted by atomic mass is 79.9. The van der Waals surface area contributed by atoms with E-state index in [9.17, 15) is 28.8 Å². The normalized spacial score (nSPS) is 20.4. The number of ether oxygens (including phenoxy) is 1. The molecular formula is C37H42BrN7O7. The maximum absolute atomic E-state index is 13.2. The van der Waals surface area contributed by atoms with Crippen LogP contribution in [0, 0.1) is 0 Å². The van der Waals surface area contributed by atoms with Gasteiger partial charge in [0, 0.05) is 44.7 Å². The average molecular weight is 777 g/mol. The van der Waals surface area contributed by atoms with Crippen molar-refractivity contribution in [3.8, 4) is 5.75 Å². The molecule has 3 atom stereocenters. The number of likely N-dealkylation sites (N-methyl/N-ethyl adjacent to an activating group) is 1. The number of aromatic nitrogens is 2. The number of carbonyl (C=O) groups excluding carboxylic acids is 5. The van der Waals surface area contributed by atoms with Gasteiger partial charge in [0.2, 0.25) is 11.8 Å². The molecule has 2 aromatic carbocycles. The maximum Gasteiger partial charge on any atom is 0.282 e. The van der Waals surface area contributed by atoms with Gasteiger partial charge in [-0.05, 0) is 84.4 Å². The SMILES string of the molecule is CN1CC(Nc2cnn(C)c(=O)c2Br)CC(c2ccc(C(=O)NCCCCCCOc3cccc4c3C(=O)N(C3CCC(=O)NC3=O)C4=O)cc2)C1. The Kier molecular flexibility index (Phi) is 11.5. The van der Waals surface area contributed by atoms with E-state index in [2.05, 4.69) is 48.9 Å². The van der Waals surface area contributed by atoms with Gasteiger partial charge in [0.25, 0.3) is 23.3 Å². The quantitative estimate of drug-likeness (QED) is 0.173. The number of piperidine rings is 2. The lowest BCUT2D eigenvalue weighted by atomic mass is 9.87. The molecule has 0 saturated carbocycles. The van der Waals surface area contributed by atoms with Gasteiger partial charge in [0.15, 0.2) is 0 Å². The third-order valence-electron chi connectivity index (χ3n) is 9.76. The zero-order valence-electron chi connectivity index (χ0n) is 29.2. The molecule has 274 valence electrons. The molecule has 3 aliphatic rings. The molecule has 1 aromatic heterocycles. The Labute approximate surface area is 309 Å². The lowest BCUT2D eigenvalue weighted by molar-refractivity contribution is -0.136. The zero-order valence-corrected chi connectivity index (χ0v) is 30.7. The molecule has 2 fully saturated rings. The first kappa shape index (κ1) is 36.9. The summed E-state index contributed by atoms with van der Waals surface area (Å²) in [4.78, 5) is 78.5. The number of likely N-dealkylation sites (tertiary alicyclic amines) is 1. The van der Waals surface area contributed by atoms with Gasteiger partial charge in [-0.15, -0.1) is 0 Å². The molecule has 3 N–H and O–H groups in total. The fourth-order valence-electron chi connectivity index (χ4n) is 7.07. The third-order valence-corrected chi connectivity index (χ3v) is 10.5. The van der Waals surface area contributed by atoms with E-state index >= 15 is 0 Å². The van der Waals surface area contributed by atoms with Gasteiger partial charge in [0.1, 0.15) is 16.3 Å². The molecule has 5 amide bonds. The highest BCUT2D eigenvalue weighted by Crippen LogP contribution is 2.34. The van der Waals surface area contributed by atoms with Crippen LogP contribution in [-0.2, 0) is 16.6 Å². The van der Waals surface area contributed by atoms with Crippen molar-refractivity contribution in [1.82, 2.24) is 30.2 Å². The van der Waals surface area contributed by atoms with Crippen LogP contribution in [0.1, 0.15) is 87.5 Å². The zero-order chi connectivity index (χ0) is 36.9. The average Bonchev–Trinajstić information content (AvgIpc) is 3.38. The summed E-state index contributed by atoms with van der Waals surface area (Å²) in [6.45, 7) is 2.59.